The number of aryl methyl sites for hydroxylation is 1. The fourth-order valence-electron chi connectivity index (χ4n) is 7.45. The number of benzene rings is 2. The van der Waals surface area contributed by atoms with Gasteiger partial charge in [0.1, 0.15) is 6.17 Å². The molecule has 2 N–H and O–H groups in total. The molecule has 2 aliphatic heterocycles. The van der Waals surface area contributed by atoms with Crippen LogP contribution in [0.5, 0.6) is 0 Å². The van der Waals surface area contributed by atoms with Crippen LogP contribution in [0.4, 0.5) is 9.52 Å². The summed E-state index contributed by atoms with van der Waals surface area (Å²) in [4.78, 5) is 25.1. The van der Waals surface area contributed by atoms with Crippen LogP contribution in [-0.2, 0) is 17.8 Å². The van der Waals surface area contributed by atoms with E-state index in [9.17, 15) is 14.3 Å². The molecule has 0 radical (unpaired) electrons. The van der Waals surface area contributed by atoms with Gasteiger partial charge in [0.15, 0.2) is 11.2 Å². The van der Waals surface area contributed by atoms with Gasteiger partial charge in [-0.15, -0.1) is 11.3 Å². The molecular formula is C34H35ClFN7O2S. The molecule has 46 heavy (non-hydrogen) atoms. The number of alkyl halides is 1. The molecule has 2 atom stereocenters. The summed E-state index contributed by atoms with van der Waals surface area (Å²) in [5.41, 5.74) is 6.22. The molecule has 0 bridgehead atoms. The van der Waals surface area contributed by atoms with Gasteiger partial charge in [0.25, 0.3) is 5.91 Å². The number of rotatable bonds is 7. The number of piperidine rings is 1. The van der Waals surface area contributed by atoms with Gasteiger partial charge >= 0.3 is 0 Å². The van der Waals surface area contributed by atoms with Crippen molar-refractivity contribution in [2.75, 3.05) is 18.4 Å². The number of hydrogen-bond acceptors (Lipinski definition) is 7. The lowest BCUT2D eigenvalue weighted by molar-refractivity contribution is -0.118. The Morgan fingerprint density at radius 1 is 1.17 bits per heavy atom. The number of anilines is 1. The average Bonchev–Trinajstić information content (AvgIpc) is 3.85. The second-order valence-electron chi connectivity index (χ2n) is 12.9. The van der Waals surface area contributed by atoms with Crippen molar-refractivity contribution < 1.29 is 14.3 Å². The van der Waals surface area contributed by atoms with Gasteiger partial charge in [-0.25, -0.2) is 14.4 Å². The zero-order valence-corrected chi connectivity index (χ0v) is 27.0. The third-order valence-electron chi connectivity index (χ3n) is 10.1. The Kier molecular flexibility index (Phi) is 7.67. The maximum absolute atomic E-state index is 14.4. The summed E-state index contributed by atoms with van der Waals surface area (Å²) in [5.74, 6) is 0.176. The summed E-state index contributed by atoms with van der Waals surface area (Å²) in [6, 6.07) is 10.4. The van der Waals surface area contributed by atoms with Crippen LogP contribution in [0.3, 0.4) is 0 Å². The van der Waals surface area contributed by atoms with Crippen LogP contribution in [0, 0.1) is 6.92 Å². The molecule has 3 aliphatic rings. The van der Waals surface area contributed by atoms with Crippen molar-refractivity contribution >= 4 is 44.9 Å². The first-order valence-electron chi connectivity index (χ1n) is 15.9. The Morgan fingerprint density at radius 3 is 2.67 bits per heavy atom. The number of thiazole rings is 1. The molecule has 3 aromatic heterocycles. The Bertz CT molecular complexity index is 1890. The number of hydrogen-bond donors (Lipinski definition) is 2. The van der Waals surface area contributed by atoms with Crippen LogP contribution in [0.1, 0.15) is 60.2 Å². The molecule has 1 saturated heterocycles. The quantitative estimate of drug-likeness (QED) is 0.218. The first kappa shape index (κ1) is 29.7. The zero-order chi connectivity index (χ0) is 31.5. The largest absolute Gasteiger partial charge is 0.393 e. The Balaban J connectivity index is 1.09. The van der Waals surface area contributed by atoms with Gasteiger partial charge in [0, 0.05) is 41.3 Å². The second-order valence-corrected chi connectivity index (χ2v) is 14.2. The zero-order valence-electron chi connectivity index (χ0n) is 25.4. The third-order valence-corrected chi connectivity index (χ3v) is 11.1. The van der Waals surface area contributed by atoms with Crippen LogP contribution in [0.15, 0.2) is 54.4 Å². The highest BCUT2D eigenvalue weighted by atomic mass is 35.5. The third kappa shape index (κ3) is 5.33. The Hall–Kier alpha value is -3.64. The molecule has 5 heterocycles. The molecule has 12 heteroatoms. The van der Waals surface area contributed by atoms with Crippen LogP contribution < -0.4 is 5.32 Å². The number of nitrogens with one attached hydrogen (secondary N) is 1. The van der Waals surface area contributed by atoms with E-state index >= 15 is 0 Å². The number of halogens is 2. The van der Waals surface area contributed by atoms with E-state index in [1.165, 1.54) is 16.9 Å². The van der Waals surface area contributed by atoms with Crippen molar-refractivity contribution in [2.45, 2.75) is 75.8 Å². The second kappa shape index (κ2) is 11.9. The predicted octanol–water partition coefficient (Wildman–Crippen LogP) is 6.14. The molecule has 2 fully saturated rings. The average molecular weight is 660 g/mol. The molecule has 1 aliphatic carbocycles. The van der Waals surface area contributed by atoms with E-state index in [2.05, 4.69) is 44.5 Å². The van der Waals surface area contributed by atoms with E-state index in [1.54, 1.807) is 33.3 Å². The van der Waals surface area contributed by atoms with E-state index in [4.69, 9.17) is 16.7 Å². The Morgan fingerprint density at radius 2 is 1.96 bits per heavy atom. The van der Waals surface area contributed by atoms with Gasteiger partial charge in [-0.1, -0.05) is 35.9 Å². The molecule has 1 amide bonds. The van der Waals surface area contributed by atoms with E-state index in [-0.39, 0.29) is 25.0 Å². The molecule has 1 saturated carbocycles. The smallest absolute Gasteiger partial charge is 0.257 e. The summed E-state index contributed by atoms with van der Waals surface area (Å²) in [5, 5.41) is 21.0. The highest BCUT2D eigenvalue weighted by molar-refractivity contribution is 7.13. The number of likely N-dealkylation sites (tertiary alicyclic amines) is 1. The van der Waals surface area contributed by atoms with Gasteiger partial charge < -0.3 is 14.6 Å². The van der Waals surface area contributed by atoms with Crippen LogP contribution in [0.25, 0.3) is 22.0 Å². The highest BCUT2D eigenvalue weighted by Gasteiger charge is 2.36. The van der Waals surface area contributed by atoms with E-state index < -0.39 is 12.2 Å². The normalized spacial score (nSPS) is 22.6. The fourth-order valence-corrected chi connectivity index (χ4v) is 8.23. The van der Waals surface area contributed by atoms with Crippen molar-refractivity contribution in [3.8, 4) is 11.1 Å². The number of amides is 1. The molecule has 238 valence electrons. The van der Waals surface area contributed by atoms with Gasteiger partial charge in [0.05, 0.1) is 35.2 Å². The van der Waals surface area contributed by atoms with Crippen molar-refractivity contribution in [3.63, 3.8) is 0 Å². The maximum Gasteiger partial charge on any atom is 0.257 e. The van der Waals surface area contributed by atoms with Gasteiger partial charge in [-0.05, 0) is 79.9 Å². The number of aromatic nitrogens is 5. The number of fused-ring (bicyclic) bond motifs is 2. The number of imidazole rings is 1. The summed E-state index contributed by atoms with van der Waals surface area (Å²) in [7, 11) is 0. The van der Waals surface area contributed by atoms with Crippen molar-refractivity contribution in [1.82, 2.24) is 29.2 Å². The lowest BCUT2D eigenvalue weighted by Gasteiger charge is -2.44. The number of aliphatic hydroxyl groups is 1. The highest BCUT2D eigenvalue weighted by Crippen LogP contribution is 2.38. The fraction of sp³-hybridized carbons (Fsp3) is 0.412. The lowest BCUT2D eigenvalue weighted by atomic mass is 9.83. The standard InChI is InChI=1S/C34H35ClFN7O2S/c1-19-26(22-4-2-20(3-5-22)21-6-9-41(10-7-21)24-13-25(44)14-24)15-28(35)27-17-43(40-30(19)27)32(33(45)39-34-37-8-11-46-34)31-29-12-23(36)16-42(29)18-38-31/h2-5,8,11,15,17-18,21,23-25,32,44H,6-7,9-10,12-14,16H2,1H3,(H,37,39,45)/t23-,24?,25?,32?/m1/s1. The molecular weight excluding hydrogens is 625 g/mol. The van der Waals surface area contributed by atoms with Gasteiger partial charge in [-0.3, -0.25) is 14.8 Å². The molecule has 8 rings (SSSR count). The van der Waals surface area contributed by atoms with E-state index in [0.717, 1.165) is 60.8 Å². The lowest BCUT2D eigenvalue weighted by Crippen LogP contribution is -2.49. The van der Waals surface area contributed by atoms with Gasteiger partial charge in [0.2, 0.25) is 0 Å². The summed E-state index contributed by atoms with van der Waals surface area (Å²) >= 11 is 8.22. The minimum Gasteiger partial charge on any atom is -0.393 e. The first-order chi connectivity index (χ1) is 22.3. The van der Waals surface area contributed by atoms with Crippen molar-refractivity contribution in [3.05, 3.63) is 82.0 Å². The van der Waals surface area contributed by atoms with E-state index in [1.807, 2.05) is 13.0 Å². The number of nitrogens with zero attached hydrogens (tertiary/aromatic N) is 6. The molecule has 1 unspecified atom stereocenters. The maximum atomic E-state index is 14.4. The van der Waals surface area contributed by atoms with Crippen molar-refractivity contribution in [2.24, 2.45) is 0 Å². The van der Waals surface area contributed by atoms with Crippen LogP contribution >= 0.6 is 22.9 Å². The predicted molar refractivity (Wildman–Crippen MR) is 177 cm³/mol. The van der Waals surface area contributed by atoms with Gasteiger partial charge in [-0.2, -0.15) is 5.10 Å². The summed E-state index contributed by atoms with van der Waals surface area (Å²) < 4.78 is 17.8. The number of carbonyl (C=O) groups is 1. The molecule has 0 spiro atoms. The van der Waals surface area contributed by atoms with Crippen LogP contribution in [0.2, 0.25) is 5.02 Å². The molecule has 2 aromatic carbocycles. The Labute approximate surface area is 275 Å². The van der Waals surface area contributed by atoms with E-state index in [0.29, 0.717) is 39.0 Å². The SMILES string of the molecule is Cc1c(-c2ccc(C3CCN(C4CC(O)C4)CC3)cc2)cc(Cl)c2cn(C(C(=O)Nc3nccs3)c3ncn4c3C[C@@H](F)C4)nc12. The minimum atomic E-state index is -1.02. The number of aliphatic hydroxyl groups excluding tert-OH is 1. The molecule has 9 nitrogen and oxygen atoms in total. The first-order valence-corrected chi connectivity index (χ1v) is 17.2. The number of carbonyl (C=O) groups excluding carboxylic acids is 1. The summed E-state index contributed by atoms with van der Waals surface area (Å²) in [6.07, 6.45) is 8.16. The minimum absolute atomic E-state index is 0.113. The topological polar surface area (TPSA) is 101 Å². The summed E-state index contributed by atoms with van der Waals surface area (Å²) in [6.45, 7) is 4.41. The van der Waals surface area contributed by atoms with Crippen molar-refractivity contribution in [1.29, 1.82) is 0 Å². The molecule has 5 aromatic rings. The monoisotopic (exact) mass is 659 g/mol. The van der Waals surface area contributed by atoms with Crippen LogP contribution in [-0.4, -0.2) is 71.6 Å².